The number of likely N-dealkylation sites (N-methyl/N-ethyl adjacent to an activating group) is 1. The number of fused-ring (bicyclic) bond motifs is 1. The van der Waals surface area contributed by atoms with Crippen LogP contribution in [-0.2, 0) is 4.74 Å². The molecule has 0 aliphatic heterocycles. The van der Waals surface area contributed by atoms with Gasteiger partial charge in [0, 0.05) is 18.2 Å². The van der Waals surface area contributed by atoms with Crippen molar-refractivity contribution < 1.29 is 4.74 Å². The van der Waals surface area contributed by atoms with Crippen molar-refractivity contribution in [2.75, 3.05) is 13.7 Å². The fourth-order valence-corrected chi connectivity index (χ4v) is 2.78. The molecular formula is C18H26N2O. The minimum atomic E-state index is -0.220. The molecule has 1 aromatic carbocycles. The standard InChI is InChI=1S/C18H26N2O/c1-6-18(4,21-5)17(19-7-2)15-10-11-16-14(12-15)9-8-13(3)20-16/h8-12,17,19H,6-7H2,1-5H3. The number of nitrogens with one attached hydrogen (secondary N) is 1. The fraction of sp³-hybridized carbons (Fsp3) is 0.500. The second-order valence-corrected chi connectivity index (χ2v) is 5.77. The molecular weight excluding hydrogens is 260 g/mol. The van der Waals surface area contributed by atoms with Gasteiger partial charge in [-0.1, -0.05) is 26.0 Å². The summed E-state index contributed by atoms with van der Waals surface area (Å²) < 4.78 is 5.81. The number of benzene rings is 1. The summed E-state index contributed by atoms with van der Waals surface area (Å²) in [6.45, 7) is 9.39. The van der Waals surface area contributed by atoms with E-state index < -0.39 is 0 Å². The third-order valence-electron chi connectivity index (χ3n) is 4.37. The molecule has 1 heterocycles. The van der Waals surface area contributed by atoms with Gasteiger partial charge in [0.25, 0.3) is 0 Å². The van der Waals surface area contributed by atoms with Gasteiger partial charge in [-0.2, -0.15) is 0 Å². The predicted octanol–water partition coefficient (Wildman–Crippen LogP) is 4.01. The number of methoxy groups -OCH3 is 1. The van der Waals surface area contributed by atoms with Gasteiger partial charge in [-0.25, -0.2) is 0 Å². The third-order valence-corrected chi connectivity index (χ3v) is 4.37. The zero-order valence-corrected chi connectivity index (χ0v) is 13.7. The van der Waals surface area contributed by atoms with Gasteiger partial charge in [-0.05, 0) is 50.6 Å². The maximum Gasteiger partial charge on any atom is 0.0841 e. The highest BCUT2D eigenvalue weighted by molar-refractivity contribution is 5.79. The maximum absolute atomic E-state index is 5.81. The van der Waals surface area contributed by atoms with Crippen LogP contribution < -0.4 is 5.32 Å². The molecule has 2 aromatic rings. The molecule has 2 rings (SSSR count). The van der Waals surface area contributed by atoms with Crippen LogP contribution in [-0.4, -0.2) is 24.2 Å². The summed E-state index contributed by atoms with van der Waals surface area (Å²) in [5.41, 5.74) is 3.13. The van der Waals surface area contributed by atoms with Crippen molar-refractivity contribution in [2.24, 2.45) is 0 Å². The van der Waals surface area contributed by atoms with Crippen LogP contribution in [0.2, 0.25) is 0 Å². The highest BCUT2D eigenvalue weighted by atomic mass is 16.5. The first-order valence-electron chi connectivity index (χ1n) is 7.70. The molecule has 0 spiro atoms. The Labute approximate surface area is 127 Å². The first kappa shape index (κ1) is 15.9. The summed E-state index contributed by atoms with van der Waals surface area (Å²) in [7, 11) is 1.79. The minimum absolute atomic E-state index is 0.170. The van der Waals surface area contributed by atoms with Gasteiger partial charge in [0.15, 0.2) is 0 Å². The third kappa shape index (κ3) is 3.25. The lowest BCUT2D eigenvalue weighted by atomic mass is 9.87. The van der Waals surface area contributed by atoms with Crippen molar-refractivity contribution in [3.05, 3.63) is 41.6 Å². The molecule has 0 aliphatic rings. The van der Waals surface area contributed by atoms with Crippen LogP contribution in [0.25, 0.3) is 10.9 Å². The SMILES string of the molecule is CCNC(c1ccc2nc(C)ccc2c1)C(C)(CC)OC. The van der Waals surface area contributed by atoms with E-state index >= 15 is 0 Å². The van der Waals surface area contributed by atoms with Crippen LogP contribution in [0.4, 0.5) is 0 Å². The molecule has 3 heteroatoms. The van der Waals surface area contributed by atoms with E-state index in [-0.39, 0.29) is 11.6 Å². The van der Waals surface area contributed by atoms with Crippen LogP contribution in [0.3, 0.4) is 0 Å². The molecule has 0 amide bonds. The number of aromatic nitrogens is 1. The molecule has 0 bridgehead atoms. The normalized spacial score (nSPS) is 15.9. The molecule has 0 saturated carbocycles. The van der Waals surface area contributed by atoms with Crippen LogP contribution in [0.15, 0.2) is 30.3 Å². The molecule has 21 heavy (non-hydrogen) atoms. The van der Waals surface area contributed by atoms with E-state index in [1.165, 1.54) is 10.9 Å². The molecule has 1 N–H and O–H groups in total. The fourth-order valence-electron chi connectivity index (χ4n) is 2.78. The molecule has 2 unspecified atom stereocenters. The summed E-state index contributed by atoms with van der Waals surface area (Å²) in [6, 6.07) is 10.9. The first-order chi connectivity index (χ1) is 10.0. The largest absolute Gasteiger partial charge is 0.377 e. The van der Waals surface area contributed by atoms with Crippen molar-refractivity contribution in [1.82, 2.24) is 10.3 Å². The highest BCUT2D eigenvalue weighted by Gasteiger charge is 2.33. The van der Waals surface area contributed by atoms with E-state index in [0.717, 1.165) is 24.2 Å². The van der Waals surface area contributed by atoms with E-state index in [0.29, 0.717) is 0 Å². The lowest BCUT2D eigenvalue weighted by Crippen LogP contribution is -2.42. The monoisotopic (exact) mass is 286 g/mol. The van der Waals surface area contributed by atoms with Crippen LogP contribution in [0, 0.1) is 6.92 Å². The molecule has 0 fully saturated rings. The van der Waals surface area contributed by atoms with Gasteiger partial charge >= 0.3 is 0 Å². The molecule has 0 aliphatic carbocycles. The number of rotatable bonds is 6. The quantitative estimate of drug-likeness (QED) is 0.871. The summed E-state index contributed by atoms with van der Waals surface area (Å²) in [5, 5.41) is 4.75. The number of nitrogens with zero attached hydrogens (tertiary/aromatic N) is 1. The van der Waals surface area contributed by atoms with Crippen molar-refractivity contribution in [2.45, 2.75) is 45.8 Å². The van der Waals surface area contributed by atoms with E-state index in [1.54, 1.807) is 7.11 Å². The van der Waals surface area contributed by atoms with Crippen LogP contribution >= 0.6 is 0 Å². The zero-order valence-electron chi connectivity index (χ0n) is 13.7. The summed E-state index contributed by atoms with van der Waals surface area (Å²) in [5.74, 6) is 0. The maximum atomic E-state index is 5.81. The number of hydrogen-bond acceptors (Lipinski definition) is 3. The minimum Gasteiger partial charge on any atom is -0.377 e. The predicted molar refractivity (Wildman–Crippen MR) is 88.6 cm³/mol. The first-order valence-corrected chi connectivity index (χ1v) is 7.70. The van der Waals surface area contributed by atoms with E-state index in [2.05, 4.69) is 61.4 Å². The molecule has 0 radical (unpaired) electrons. The molecule has 0 saturated heterocycles. The number of pyridine rings is 1. The lowest BCUT2D eigenvalue weighted by Gasteiger charge is -2.36. The Hall–Kier alpha value is -1.45. The molecule has 114 valence electrons. The van der Waals surface area contributed by atoms with Gasteiger partial charge in [0.1, 0.15) is 0 Å². The van der Waals surface area contributed by atoms with Gasteiger partial charge in [0.05, 0.1) is 17.2 Å². The summed E-state index contributed by atoms with van der Waals surface area (Å²) in [4.78, 5) is 4.57. The van der Waals surface area contributed by atoms with Crippen molar-refractivity contribution in [3.8, 4) is 0 Å². The number of hydrogen-bond donors (Lipinski definition) is 1. The van der Waals surface area contributed by atoms with Crippen LogP contribution in [0.1, 0.15) is 44.5 Å². The van der Waals surface area contributed by atoms with Gasteiger partial charge in [0.2, 0.25) is 0 Å². The van der Waals surface area contributed by atoms with Crippen molar-refractivity contribution >= 4 is 10.9 Å². The average molecular weight is 286 g/mol. The second-order valence-electron chi connectivity index (χ2n) is 5.77. The van der Waals surface area contributed by atoms with E-state index in [1.807, 2.05) is 6.92 Å². The molecule has 3 nitrogen and oxygen atoms in total. The Morgan fingerprint density at radius 2 is 2.00 bits per heavy atom. The average Bonchev–Trinajstić information content (AvgIpc) is 2.51. The Morgan fingerprint density at radius 1 is 1.24 bits per heavy atom. The number of ether oxygens (including phenoxy) is 1. The van der Waals surface area contributed by atoms with Gasteiger partial charge in [-0.15, -0.1) is 0 Å². The van der Waals surface area contributed by atoms with Crippen molar-refractivity contribution in [1.29, 1.82) is 0 Å². The zero-order chi connectivity index (χ0) is 15.5. The Bertz CT molecular complexity index is 605. The van der Waals surface area contributed by atoms with E-state index in [4.69, 9.17) is 4.74 Å². The summed E-state index contributed by atoms with van der Waals surface area (Å²) in [6.07, 6.45) is 0.950. The van der Waals surface area contributed by atoms with E-state index in [9.17, 15) is 0 Å². The van der Waals surface area contributed by atoms with Crippen LogP contribution in [0.5, 0.6) is 0 Å². The van der Waals surface area contributed by atoms with Crippen molar-refractivity contribution in [3.63, 3.8) is 0 Å². The number of aryl methyl sites for hydroxylation is 1. The topological polar surface area (TPSA) is 34.2 Å². The Morgan fingerprint density at radius 3 is 2.62 bits per heavy atom. The lowest BCUT2D eigenvalue weighted by molar-refractivity contribution is -0.0295. The smallest absolute Gasteiger partial charge is 0.0841 e. The second kappa shape index (κ2) is 6.54. The Balaban J connectivity index is 2.47. The Kier molecular flexibility index (Phi) is 4.96. The molecule has 2 atom stereocenters. The highest BCUT2D eigenvalue weighted by Crippen LogP contribution is 2.32. The molecule has 1 aromatic heterocycles. The van der Waals surface area contributed by atoms with Gasteiger partial charge in [-0.3, -0.25) is 4.98 Å². The summed E-state index contributed by atoms with van der Waals surface area (Å²) >= 11 is 0. The van der Waals surface area contributed by atoms with Gasteiger partial charge < -0.3 is 10.1 Å².